The zero-order valence-electron chi connectivity index (χ0n) is 20.4. The predicted octanol–water partition coefficient (Wildman–Crippen LogP) is 4.91. The van der Waals surface area contributed by atoms with Gasteiger partial charge in [0.25, 0.3) is 11.5 Å². The number of rotatable bonds is 7. The van der Waals surface area contributed by atoms with Crippen molar-refractivity contribution in [3.8, 4) is 11.5 Å². The summed E-state index contributed by atoms with van der Waals surface area (Å²) in [5.41, 5.74) is 4.26. The molecule has 3 aromatic carbocycles. The highest BCUT2D eigenvalue weighted by molar-refractivity contribution is 7.98. The minimum absolute atomic E-state index is 0.0586. The minimum Gasteiger partial charge on any atom is -0.454 e. The van der Waals surface area contributed by atoms with Crippen LogP contribution in [0.25, 0.3) is 10.9 Å². The summed E-state index contributed by atoms with van der Waals surface area (Å²) in [4.78, 5) is 30.8. The summed E-state index contributed by atoms with van der Waals surface area (Å²) in [7, 11) is 0. The summed E-state index contributed by atoms with van der Waals surface area (Å²) in [5, 5.41) is 3.99. The van der Waals surface area contributed by atoms with Crippen LogP contribution >= 0.6 is 11.8 Å². The number of aromatic nitrogens is 2. The second-order valence-electron chi connectivity index (χ2n) is 9.11. The van der Waals surface area contributed by atoms with Crippen molar-refractivity contribution >= 4 is 28.6 Å². The smallest absolute Gasteiger partial charge is 0.262 e. The standard InChI is InChI=1S/C28H27N3O4S/c1-17(2)29-26(32)21-9-7-19(8-10-21)14-31-27(33)22-12-24-25(35-16-34-24)13-23(22)30-28(31)36-15-20-6-4-5-18(3)11-20/h4-13,17H,14-16H2,1-3H3,(H,29,32). The van der Waals surface area contributed by atoms with Crippen molar-refractivity contribution in [2.24, 2.45) is 0 Å². The van der Waals surface area contributed by atoms with Gasteiger partial charge in [-0.2, -0.15) is 0 Å². The molecule has 1 aliphatic rings. The molecule has 7 nitrogen and oxygen atoms in total. The first-order valence-electron chi connectivity index (χ1n) is 11.8. The van der Waals surface area contributed by atoms with Crippen LogP contribution in [-0.2, 0) is 12.3 Å². The van der Waals surface area contributed by atoms with Gasteiger partial charge in [0.15, 0.2) is 16.7 Å². The number of carbonyl (C=O) groups is 1. The molecule has 0 saturated heterocycles. The van der Waals surface area contributed by atoms with Crippen LogP contribution in [0.2, 0.25) is 0 Å². The van der Waals surface area contributed by atoms with Gasteiger partial charge in [0.05, 0.1) is 17.4 Å². The van der Waals surface area contributed by atoms with E-state index in [4.69, 9.17) is 14.5 Å². The maximum Gasteiger partial charge on any atom is 0.262 e. The largest absolute Gasteiger partial charge is 0.454 e. The number of ether oxygens (including phenoxy) is 2. The van der Waals surface area contributed by atoms with Crippen molar-refractivity contribution in [2.75, 3.05) is 6.79 Å². The van der Waals surface area contributed by atoms with E-state index in [1.54, 1.807) is 28.8 Å². The van der Waals surface area contributed by atoms with E-state index < -0.39 is 0 Å². The molecule has 0 unspecified atom stereocenters. The number of hydrogen-bond acceptors (Lipinski definition) is 6. The molecule has 0 aliphatic carbocycles. The molecule has 1 N–H and O–H groups in total. The van der Waals surface area contributed by atoms with Gasteiger partial charge in [0.2, 0.25) is 6.79 Å². The first-order chi connectivity index (χ1) is 17.4. The van der Waals surface area contributed by atoms with Crippen molar-refractivity contribution in [3.63, 3.8) is 0 Å². The van der Waals surface area contributed by atoms with Gasteiger partial charge in [-0.15, -0.1) is 0 Å². The lowest BCUT2D eigenvalue weighted by molar-refractivity contribution is 0.0943. The fourth-order valence-corrected chi connectivity index (χ4v) is 5.02. The second-order valence-corrected chi connectivity index (χ2v) is 10.1. The third-order valence-corrected chi connectivity index (χ3v) is 6.89. The zero-order valence-corrected chi connectivity index (χ0v) is 21.2. The third-order valence-electron chi connectivity index (χ3n) is 5.84. The number of nitrogens with zero attached hydrogens (tertiary/aromatic N) is 2. The summed E-state index contributed by atoms with van der Waals surface area (Å²) in [6.07, 6.45) is 0. The Morgan fingerprint density at radius 1 is 1.06 bits per heavy atom. The van der Waals surface area contributed by atoms with E-state index in [-0.39, 0.29) is 24.3 Å². The normalized spacial score (nSPS) is 12.3. The van der Waals surface area contributed by atoms with E-state index in [1.165, 1.54) is 17.3 Å². The molecule has 1 aromatic heterocycles. The van der Waals surface area contributed by atoms with Crippen LogP contribution in [0.5, 0.6) is 11.5 Å². The molecule has 1 aliphatic heterocycles. The maximum atomic E-state index is 13.7. The topological polar surface area (TPSA) is 82.5 Å². The SMILES string of the molecule is Cc1cccc(CSc2nc3cc4c(cc3c(=O)n2Cc2ccc(C(=O)NC(C)C)cc2)OCO4)c1. The summed E-state index contributed by atoms with van der Waals surface area (Å²) in [6.45, 7) is 6.37. The van der Waals surface area contributed by atoms with E-state index in [1.807, 2.05) is 32.0 Å². The van der Waals surface area contributed by atoms with Gasteiger partial charge in [-0.25, -0.2) is 4.98 Å². The quantitative estimate of drug-likeness (QED) is 0.286. The fourth-order valence-electron chi connectivity index (χ4n) is 4.08. The van der Waals surface area contributed by atoms with Gasteiger partial charge in [0, 0.05) is 23.4 Å². The average Bonchev–Trinajstić information content (AvgIpc) is 3.31. The molecule has 4 aromatic rings. The number of nitrogens with one attached hydrogen (secondary N) is 1. The van der Waals surface area contributed by atoms with E-state index in [9.17, 15) is 9.59 Å². The Labute approximate surface area is 213 Å². The molecule has 184 valence electrons. The van der Waals surface area contributed by atoms with E-state index in [0.717, 1.165) is 11.1 Å². The molecule has 0 spiro atoms. The minimum atomic E-state index is -0.147. The molecule has 0 saturated carbocycles. The van der Waals surface area contributed by atoms with Gasteiger partial charge in [-0.1, -0.05) is 53.7 Å². The zero-order chi connectivity index (χ0) is 25.2. The fraction of sp³-hybridized carbons (Fsp3) is 0.250. The van der Waals surface area contributed by atoms with Crippen LogP contribution in [0.3, 0.4) is 0 Å². The average molecular weight is 502 g/mol. The van der Waals surface area contributed by atoms with Crippen molar-refractivity contribution in [2.45, 2.75) is 44.3 Å². The Hall–Kier alpha value is -3.78. The summed E-state index contributed by atoms with van der Waals surface area (Å²) in [6, 6.07) is 19.1. The molecule has 0 fully saturated rings. The van der Waals surface area contributed by atoms with Gasteiger partial charge in [0.1, 0.15) is 0 Å². The Balaban J connectivity index is 1.50. The summed E-state index contributed by atoms with van der Waals surface area (Å²) in [5.74, 6) is 1.70. The van der Waals surface area contributed by atoms with Crippen LogP contribution in [0, 0.1) is 6.92 Å². The summed E-state index contributed by atoms with van der Waals surface area (Å²) < 4.78 is 12.7. The van der Waals surface area contributed by atoms with Gasteiger partial charge < -0.3 is 14.8 Å². The lowest BCUT2D eigenvalue weighted by Gasteiger charge is -2.14. The van der Waals surface area contributed by atoms with Crippen molar-refractivity contribution < 1.29 is 14.3 Å². The molecule has 2 heterocycles. The number of benzene rings is 3. The molecule has 0 atom stereocenters. The van der Waals surface area contributed by atoms with Crippen LogP contribution < -0.4 is 20.3 Å². The van der Waals surface area contributed by atoms with Gasteiger partial charge >= 0.3 is 0 Å². The third kappa shape index (κ3) is 5.09. The van der Waals surface area contributed by atoms with Crippen molar-refractivity contribution in [1.29, 1.82) is 0 Å². The summed E-state index contributed by atoms with van der Waals surface area (Å²) >= 11 is 1.52. The predicted molar refractivity (Wildman–Crippen MR) is 141 cm³/mol. The van der Waals surface area contributed by atoms with E-state index >= 15 is 0 Å². The Morgan fingerprint density at radius 2 is 1.81 bits per heavy atom. The maximum absolute atomic E-state index is 13.7. The number of fused-ring (bicyclic) bond motifs is 2. The molecule has 1 amide bonds. The van der Waals surface area contributed by atoms with E-state index in [0.29, 0.717) is 45.4 Å². The van der Waals surface area contributed by atoms with Gasteiger partial charge in [-0.3, -0.25) is 14.2 Å². The first-order valence-corrected chi connectivity index (χ1v) is 12.8. The highest BCUT2D eigenvalue weighted by atomic mass is 32.2. The Kier molecular flexibility index (Phi) is 6.69. The number of amides is 1. The lowest BCUT2D eigenvalue weighted by atomic mass is 10.1. The highest BCUT2D eigenvalue weighted by Gasteiger charge is 2.19. The highest BCUT2D eigenvalue weighted by Crippen LogP contribution is 2.35. The monoisotopic (exact) mass is 501 g/mol. The van der Waals surface area contributed by atoms with Crippen molar-refractivity contribution in [3.05, 3.63) is 93.3 Å². The molecule has 0 radical (unpaired) electrons. The molecule has 5 rings (SSSR count). The van der Waals surface area contributed by atoms with Crippen molar-refractivity contribution in [1.82, 2.24) is 14.9 Å². The molecule has 8 heteroatoms. The van der Waals surface area contributed by atoms with Gasteiger partial charge in [-0.05, 0) is 50.1 Å². The number of thioether (sulfide) groups is 1. The van der Waals surface area contributed by atoms with E-state index in [2.05, 4.69) is 30.4 Å². The number of aryl methyl sites for hydroxylation is 1. The van der Waals surface area contributed by atoms with Crippen LogP contribution in [0.1, 0.15) is 40.9 Å². The first kappa shape index (κ1) is 23.9. The molecular formula is C28H27N3O4S. The molecular weight excluding hydrogens is 474 g/mol. The number of carbonyl (C=O) groups excluding carboxylic acids is 1. The Morgan fingerprint density at radius 3 is 2.53 bits per heavy atom. The number of hydrogen-bond donors (Lipinski definition) is 1. The second kappa shape index (κ2) is 10.1. The molecule has 0 bridgehead atoms. The molecule has 36 heavy (non-hydrogen) atoms. The Bertz CT molecular complexity index is 1500. The lowest BCUT2D eigenvalue weighted by Crippen LogP contribution is -2.30. The van der Waals surface area contributed by atoms with Crippen LogP contribution in [0.15, 0.2) is 70.6 Å². The van der Waals surface area contributed by atoms with Crippen LogP contribution in [-0.4, -0.2) is 28.3 Å². The van der Waals surface area contributed by atoms with Crippen LogP contribution in [0.4, 0.5) is 0 Å².